The first-order valence-corrected chi connectivity index (χ1v) is 6.72. The van der Waals surface area contributed by atoms with E-state index < -0.39 is 16.8 Å². The second-order valence-electron chi connectivity index (χ2n) is 4.79. The zero-order chi connectivity index (χ0) is 16.0. The first-order chi connectivity index (χ1) is 9.85. The molecule has 116 valence electrons. The molecule has 21 heavy (non-hydrogen) atoms. The van der Waals surface area contributed by atoms with Gasteiger partial charge < -0.3 is 15.0 Å². The van der Waals surface area contributed by atoms with E-state index in [4.69, 9.17) is 5.11 Å². The van der Waals surface area contributed by atoms with Crippen LogP contribution in [0.5, 0.6) is 0 Å². The summed E-state index contributed by atoms with van der Waals surface area (Å²) >= 11 is 0. The third kappa shape index (κ3) is 4.90. The third-order valence-electron chi connectivity index (χ3n) is 3.07. The van der Waals surface area contributed by atoms with Crippen molar-refractivity contribution in [1.29, 1.82) is 0 Å². The van der Waals surface area contributed by atoms with E-state index in [2.05, 4.69) is 5.32 Å². The van der Waals surface area contributed by atoms with Crippen LogP contribution in [0.2, 0.25) is 0 Å². The van der Waals surface area contributed by atoms with E-state index in [1.165, 1.54) is 16.8 Å². The summed E-state index contributed by atoms with van der Waals surface area (Å²) in [6.07, 6.45) is 2.37. The Labute approximate surface area is 121 Å². The maximum Gasteiger partial charge on any atom is 0.303 e. The number of carbonyl (C=O) groups is 2. The van der Waals surface area contributed by atoms with Crippen molar-refractivity contribution in [3.63, 3.8) is 0 Å². The van der Waals surface area contributed by atoms with Crippen LogP contribution < -0.4 is 5.32 Å². The molecule has 0 saturated carbocycles. The zero-order valence-corrected chi connectivity index (χ0v) is 12.0. The van der Waals surface area contributed by atoms with Gasteiger partial charge in [-0.3, -0.25) is 19.7 Å². The molecule has 0 saturated heterocycles. The highest BCUT2D eigenvalue weighted by atomic mass is 16.6. The molecule has 1 heterocycles. The molecule has 0 bridgehead atoms. The molecule has 2 N–H and O–H groups in total. The quantitative estimate of drug-likeness (QED) is 0.560. The van der Waals surface area contributed by atoms with Gasteiger partial charge in [0.1, 0.15) is 5.69 Å². The summed E-state index contributed by atoms with van der Waals surface area (Å²) in [5.74, 6) is -1.27. The van der Waals surface area contributed by atoms with E-state index in [-0.39, 0.29) is 23.8 Å². The van der Waals surface area contributed by atoms with Gasteiger partial charge in [-0.2, -0.15) is 0 Å². The minimum absolute atomic E-state index is 0.0526. The Morgan fingerprint density at radius 2 is 2.19 bits per heavy atom. The molecule has 1 aromatic heterocycles. The summed E-state index contributed by atoms with van der Waals surface area (Å²) in [4.78, 5) is 32.7. The number of hydrogen-bond acceptors (Lipinski definition) is 4. The lowest BCUT2D eigenvalue weighted by molar-refractivity contribution is -0.384. The van der Waals surface area contributed by atoms with Crippen molar-refractivity contribution < 1.29 is 19.6 Å². The Morgan fingerprint density at radius 3 is 2.71 bits per heavy atom. The molecule has 1 atom stereocenters. The second-order valence-corrected chi connectivity index (χ2v) is 4.79. The normalized spacial score (nSPS) is 11.9. The molecule has 1 aromatic rings. The van der Waals surface area contributed by atoms with Crippen LogP contribution in [0.15, 0.2) is 12.3 Å². The molecule has 8 nitrogen and oxygen atoms in total. The molecule has 1 amide bonds. The number of hydrogen-bond donors (Lipinski definition) is 2. The number of carboxylic acid groups (broad SMARTS) is 1. The van der Waals surface area contributed by atoms with Gasteiger partial charge >= 0.3 is 5.97 Å². The van der Waals surface area contributed by atoms with Crippen LogP contribution >= 0.6 is 0 Å². The van der Waals surface area contributed by atoms with E-state index in [9.17, 15) is 19.7 Å². The van der Waals surface area contributed by atoms with Gasteiger partial charge in [-0.15, -0.1) is 0 Å². The van der Waals surface area contributed by atoms with Crippen LogP contribution in [-0.4, -0.2) is 32.5 Å². The molecule has 0 aromatic carbocycles. The fourth-order valence-electron chi connectivity index (χ4n) is 1.98. The molecule has 0 aliphatic carbocycles. The molecule has 8 heteroatoms. The standard InChI is InChI=1S/C13H19N3O5/c1-3-15-8-10(16(20)21)7-11(15)13(19)14-9(2)5-4-6-12(17)18/h7-9H,3-6H2,1-2H3,(H,14,19)(H,17,18). The highest BCUT2D eigenvalue weighted by molar-refractivity contribution is 5.93. The smallest absolute Gasteiger partial charge is 0.303 e. The van der Waals surface area contributed by atoms with Gasteiger partial charge in [-0.05, 0) is 26.7 Å². The lowest BCUT2D eigenvalue weighted by Gasteiger charge is -2.14. The monoisotopic (exact) mass is 297 g/mol. The minimum atomic E-state index is -0.871. The average molecular weight is 297 g/mol. The molecule has 1 rings (SSSR count). The molecule has 0 fully saturated rings. The van der Waals surface area contributed by atoms with Crippen molar-refractivity contribution in [3.8, 4) is 0 Å². The summed E-state index contributed by atoms with van der Waals surface area (Å²) in [5, 5.41) is 22.0. The summed E-state index contributed by atoms with van der Waals surface area (Å²) < 4.78 is 1.51. The Bertz CT molecular complexity index is 538. The Hall–Kier alpha value is -2.38. The van der Waals surface area contributed by atoms with Crippen molar-refractivity contribution in [1.82, 2.24) is 9.88 Å². The topological polar surface area (TPSA) is 114 Å². The van der Waals surface area contributed by atoms with Crippen LogP contribution in [-0.2, 0) is 11.3 Å². The molecule has 0 aliphatic rings. The molecular weight excluding hydrogens is 278 g/mol. The number of rotatable bonds is 8. The van der Waals surface area contributed by atoms with E-state index in [0.29, 0.717) is 19.4 Å². The summed E-state index contributed by atoms with van der Waals surface area (Å²) in [6.45, 7) is 4.01. The number of nitrogens with one attached hydrogen (secondary N) is 1. The second kappa shape index (κ2) is 7.41. The van der Waals surface area contributed by atoms with E-state index in [1.807, 2.05) is 0 Å². The molecule has 0 radical (unpaired) electrons. The average Bonchev–Trinajstić information content (AvgIpc) is 2.82. The van der Waals surface area contributed by atoms with Gasteiger partial charge in [0, 0.05) is 25.1 Å². The maximum atomic E-state index is 12.1. The number of aromatic nitrogens is 1. The lowest BCUT2D eigenvalue weighted by atomic mass is 10.1. The Morgan fingerprint density at radius 1 is 1.52 bits per heavy atom. The van der Waals surface area contributed by atoms with Gasteiger partial charge in [-0.25, -0.2) is 0 Å². The van der Waals surface area contributed by atoms with Gasteiger partial charge in [0.2, 0.25) is 0 Å². The van der Waals surface area contributed by atoms with Crippen LogP contribution in [0.1, 0.15) is 43.6 Å². The SMILES string of the molecule is CCn1cc([N+](=O)[O-])cc1C(=O)NC(C)CCCC(=O)O. The number of aryl methyl sites for hydroxylation is 1. The van der Waals surface area contributed by atoms with Crippen LogP contribution in [0.4, 0.5) is 5.69 Å². The number of carboxylic acids is 1. The number of nitrogens with zero attached hydrogens (tertiary/aromatic N) is 2. The highest BCUT2D eigenvalue weighted by Crippen LogP contribution is 2.16. The van der Waals surface area contributed by atoms with Gasteiger partial charge in [-0.1, -0.05) is 0 Å². The summed E-state index contributed by atoms with van der Waals surface area (Å²) in [7, 11) is 0. The first-order valence-electron chi connectivity index (χ1n) is 6.72. The predicted molar refractivity (Wildman–Crippen MR) is 75.2 cm³/mol. The van der Waals surface area contributed by atoms with Crippen molar-refractivity contribution in [3.05, 3.63) is 28.1 Å². The van der Waals surface area contributed by atoms with E-state index in [0.717, 1.165) is 0 Å². The number of nitro groups is 1. The molecule has 0 spiro atoms. The third-order valence-corrected chi connectivity index (χ3v) is 3.07. The predicted octanol–water partition coefficient (Wildman–Crippen LogP) is 1.79. The van der Waals surface area contributed by atoms with Crippen molar-refractivity contribution >= 4 is 17.6 Å². The fraction of sp³-hybridized carbons (Fsp3) is 0.538. The summed E-state index contributed by atoms with van der Waals surface area (Å²) in [6, 6.07) is 1.04. The number of aliphatic carboxylic acids is 1. The zero-order valence-electron chi connectivity index (χ0n) is 12.0. The van der Waals surface area contributed by atoms with E-state index in [1.54, 1.807) is 13.8 Å². The van der Waals surface area contributed by atoms with Crippen LogP contribution in [0.25, 0.3) is 0 Å². The van der Waals surface area contributed by atoms with Gasteiger partial charge in [0.15, 0.2) is 0 Å². The van der Waals surface area contributed by atoms with E-state index >= 15 is 0 Å². The Kier molecular flexibility index (Phi) is 5.89. The highest BCUT2D eigenvalue weighted by Gasteiger charge is 2.19. The summed E-state index contributed by atoms with van der Waals surface area (Å²) in [5.41, 5.74) is 0.106. The largest absolute Gasteiger partial charge is 0.481 e. The van der Waals surface area contributed by atoms with Crippen LogP contribution in [0.3, 0.4) is 0 Å². The Balaban J connectivity index is 2.66. The number of amides is 1. The van der Waals surface area contributed by atoms with Crippen molar-refractivity contribution in [2.45, 2.75) is 45.7 Å². The van der Waals surface area contributed by atoms with Gasteiger partial charge in [0.05, 0.1) is 11.1 Å². The fourth-order valence-corrected chi connectivity index (χ4v) is 1.98. The maximum absolute atomic E-state index is 12.1. The van der Waals surface area contributed by atoms with Crippen molar-refractivity contribution in [2.75, 3.05) is 0 Å². The van der Waals surface area contributed by atoms with Gasteiger partial charge in [0.25, 0.3) is 11.6 Å². The van der Waals surface area contributed by atoms with Crippen molar-refractivity contribution in [2.24, 2.45) is 0 Å². The molecular formula is C13H19N3O5. The minimum Gasteiger partial charge on any atom is -0.481 e. The van der Waals surface area contributed by atoms with Crippen LogP contribution in [0, 0.1) is 10.1 Å². The molecule has 1 unspecified atom stereocenters. The first kappa shape index (κ1) is 16.7. The lowest BCUT2D eigenvalue weighted by Crippen LogP contribution is -2.33. The number of carbonyl (C=O) groups excluding carboxylic acids is 1. The molecule has 0 aliphatic heterocycles.